The Morgan fingerprint density at radius 2 is 1.60 bits per heavy atom. The number of aromatic nitrogens is 3. The third-order valence-electron chi connectivity index (χ3n) is 0.804. The lowest BCUT2D eigenvalue weighted by Crippen LogP contribution is -1.98. The molecule has 0 aromatic carbocycles. The predicted octanol–water partition coefficient (Wildman–Crippen LogP) is 1.44. The topological polar surface area (TPSA) is 50.7 Å². The van der Waals surface area contributed by atoms with E-state index < -0.39 is 0 Å². The van der Waals surface area contributed by atoms with Crippen LogP contribution in [0.25, 0.3) is 0 Å². The molecule has 0 saturated heterocycles. The lowest BCUT2D eigenvalue weighted by atomic mass is 10.9. The van der Waals surface area contributed by atoms with E-state index in [0.29, 0.717) is 15.4 Å². The predicted molar refractivity (Wildman–Crippen MR) is 44.8 cm³/mol. The van der Waals surface area contributed by atoms with Gasteiger partial charge in [-0.25, -0.2) is 0 Å². The van der Waals surface area contributed by atoms with Crippen molar-refractivity contribution in [2.75, 3.05) is 12.4 Å². The van der Waals surface area contributed by atoms with E-state index in [2.05, 4.69) is 52.1 Å². The van der Waals surface area contributed by atoms with Crippen molar-refractivity contribution in [1.29, 1.82) is 0 Å². The highest BCUT2D eigenvalue weighted by Crippen LogP contribution is 2.09. The van der Waals surface area contributed by atoms with Gasteiger partial charge in [0.25, 0.3) is 0 Å². The van der Waals surface area contributed by atoms with Gasteiger partial charge in [-0.05, 0) is 31.9 Å². The van der Waals surface area contributed by atoms with Gasteiger partial charge in [0.05, 0.1) is 0 Å². The normalized spacial score (nSPS) is 9.50. The summed E-state index contributed by atoms with van der Waals surface area (Å²) in [4.78, 5) is 11.7. The molecule has 1 aromatic heterocycles. The van der Waals surface area contributed by atoms with E-state index in [4.69, 9.17) is 0 Å². The van der Waals surface area contributed by atoms with Gasteiger partial charge in [-0.15, -0.1) is 0 Å². The maximum Gasteiger partial charge on any atom is 0.227 e. The smallest absolute Gasteiger partial charge is 0.227 e. The maximum absolute atomic E-state index is 3.91. The summed E-state index contributed by atoms with van der Waals surface area (Å²) >= 11 is 6.24. The van der Waals surface area contributed by atoms with Crippen molar-refractivity contribution in [3.05, 3.63) is 9.47 Å². The van der Waals surface area contributed by atoms with Crippen LogP contribution in [0.1, 0.15) is 0 Å². The molecule has 1 rings (SSSR count). The first kappa shape index (κ1) is 7.87. The molecule has 54 valence electrons. The van der Waals surface area contributed by atoms with Gasteiger partial charge in [-0.1, -0.05) is 0 Å². The molecule has 0 fully saturated rings. The van der Waals surface area contributed by atoms with E-state index >= 15 is 0 Å². The molecule has 0 bridgehead atoms. The fraction of sp³-hybridized carbons (Fsp3) is 0.250. The SMILES string of the molecule is CNc1nc(Br)nc(Br)n1. The van der Waals surface area contributed by atoms with Crippen LogP contribution in [-0.2, 0) is 0 Å². The average Bonchev–Trinajstić information content (AvgIpc) is 1.85. The lowest BCUT2D eigenvalue weighted by Gasteiger charge is -1.96. The van der Waals surface area contributed by atoms with Crippen LogP contribution in [0.15, 0.2) is 9.47 Å². The van der Waals surface area contributed by atoms with Gasteiger partial charge < -0.3 is 5.32 Å². The van der Waals surface area contributed by atoms with Crippen LogP contribution < -0.4 is 5.32 Å². The van der Waals surface area contributed by atoms with Crippen molar-refractivity contribution in [2.24, 2.45) is 0 Å². The molecule has 0 aliphatic carbocycles. The van der Waals surface area contributed by atoms with E-state index in [1.54, 1.807) is 7.05 Å². The van der Waals surface area contributed by atoms with Gasteiger partial charge >= 0.3 is 0 Å². The summed E-state index contributed by atoms with van der Waals surface area (Å²) in [5.41, 5.74) is 0. The van der Waals surface area contributed by atoms with Crippen LogP contribution in [0.3, 0.4) is 0 Å². The molecule has 1 heterocycles. The van der Waals surface area contributed by atoms with Crippen molar-refractivity contribution in [1.82, 2.24) is 15.0 Å². The molecule has 0 atom stereocenters. The third-order valence-corrected chi connectivity index (χ3v) is 1.51. The molecule has 0 aliphatic heterocycles. The highest BCUT2D eigenvalue weighted by molar-refractivity contribution is 9.11. The minimum absolute atomic E-state index is 0.513. The van der Waals surface area contributed by atoms with Gasteiger partial charge in [0.15, 0.2) is 0 Å². The van der Waals surface area contributed by atoms with E-state index in [-0.39, 0.29) is 0 Å². The average molecular weight is 268 g/mol. The molecule has 6 heteroatoms. The fourth-order valence-corrected chi connectivity index (χ4v) is 1.35. The summed E-state index contributed by atoms with van der Waals surface area (Å²) in [6.07, 6.45) is 0. The molecule has 0 radical (unpaired) electrons. The molecule has 4 nitrogen and oxygen atoms in total. The number of rotatable bonds is 1. The van der Waals surface area contributed by atoms with Gasteiger partial charge in [0.1, 0.15) is 0 Å². The first-order valence-corrected chi connectivity index (χ1v) is 4.06. The van der Waals surface area contributed by atoms with Crippen molar-refractivity contribution >= 4 is 37.8 Å². The molecule has 0 spiro atoms. The lowest BCUT2D eigenvalue weighted by molar-refractivity contribution is 0.977. The van der Waals surface area contributed by atoms with Gasteiger partial charge in [-0.3, -0.25) is 0 Å². The fourth-order valence-electron chi connectivity index (χ4n) is 0.438. The van der Waals surface area contributed by atoms with Crippen molar-refractivity contribution in [2.45, 2.75) is 0 Å². The summed E-state index contributed by atoms with van der Waals surface area (Å²) < 4.78 is 1.03. The molecular weight excluding hydrogens is 264 g/mol. The first-order chi connectivity index (χ1) is 4.72. The number of nitrogens with one attached hydrogen (secondary N) is 1. The standard InChI is InChI=1S/C4H4Br2N4/c1-7-4-9-2(5)8-3(6)10-4/h1H3,(H,7,8,9,10). The second-order valence-electron chi connectivity index (χ2n) is 1.45. The van der Waals surface area contributed by atoms with Crippen LogP contribution >= 0.6 is 31.9 Å². The summed E-state index contributed by atoms with van der Waals surface area (Å²) in [7, 11) is 1.74. The zero-order valence-corrected chi connectivity index (χ0v) is 8.27. The van der Waals surface area contributed by atoms with E-state index in [9.17, 15) is 0 Å². The second-order valence-corrected chi connectivity index (χ2v) is 2.87. The van der Waals surface area contributed by atoms with Crippen LogP contribution in [0.2, 0.25) is 0 Å². The molecule has 0 saturated carbocycles. The number of anilines is 1. The van der Waals surface area contributed by atoms with Crippen molar-refractivity contribution in [3.8, 4) is 0 Å². The van der Waals surface area contributed by atoms with Crippen molar-refractivity contribution < 1.29 is 0 Å². The summed E-state index contributed by atoms with van der Waals surface area (Å²) in [5, 5.41) is 2.79. The Hall–Kier alpha value is -0.230. The van der Waals surface area contributed by atoms with Gasteiger partial charge in [-0.2, -0.15) is 15.0 Å². The largest absolute Gasteiger partial charge is 0.357 e. The van der Waals surface area contributed by atoms with Crippen LogP contribution in [0, 0.1) is 0 Å². The molecule has 0 amide bonds. The molecule has 1 N–H and O–H groups in total. The van der Waals surface area contributed by atoms with Crippen LogP contribution in [0.4, 0.5) is 5.95 Å². The molecule has 0 aliphatic rings. The zero-order chi connectivity index (χ0) is 7.56. The van der Waals surface area contributed by atoms with E-state index in [1.807, 2.05) is 0 Å². The first-order valence-electron chi connectivity index (χ1n) is 2.47. The Morgan fingerprint density at radius 1 is 1.10 bits per heavy atom. The Balaban J connectivity index is 3.06. The molecule has 0 unspecified atom stereocenters. The van der Waals surface area contributed by atoms with E-state index in [0.717, 1.165) is 0 Å². The summed E-state index contributed by atoms with van der Waals surface area (Å²) in [5.74, 6) is 0.536. The van der Waals surface area contributed by atoms with Gasteiger partial charge in [0, 0.05) is 7.05 Å². The monoisotopic (exact) mass is 266 g/mol. The number of hydrogen-bond donors (Lipinski definition) is 1. The maximum atomic E-state index is 3.91. The Labute approximate surface area is 74.7 Å². The van der Waals surface area contributed by atoms with Gasteiger partial charge in [0.2, 0.25) is 15.4 Å². The number of hydrogen-bond acceptors (Lipinski definition) is 4. The second kappa shape index (κ2) is 3.25. The highest BCUT2D eigenvalue weighted by atomic mass is 79.9. The van der Waals surface area contributed by atoms with E-state index in [1.165, 1.54) is 0 Å². The Morgan fingerprint density at radius 3 is 2.00 bits per heavy atom. The molecule has 10 heavy (non-hydrogen) atoms. The minimum Gasteiger partial charge on any atom is -0.357 e. The summed E-state index contributed by atoms with van der Waals surface area (Å²) in [6.45, 7) is 0. The molecule has 1 aromatic rings. The van der Waals surface area contributed by atoms with Crippen LogP contribution in [0.5, 0.6) is 0 Å². The minimum atomic E-state index is 0.513. The number of halogens is 2. The Bertz CT molecular complexity index is 218. The van der Waals surface area contributed by atoms with Crippen LogP contribution in [-0.4, -0.2) is 22.0 Å². The third kappa shape index (κ3) is 1.88. The molecular formula is C4H4Br2N4. The number of nitrogens with zero attached hydrogens (tertiary/aromatic N) is 3. The van der Waals surface area contributed by atoms with Crippen molar-refractivity contribution in [3.63, 3.8) is 0 Å². The highest BCUT2D eigenvalue weighted by Gasteiger charge is 1.97. The Kier molecular flexibility index (Phi) is 2.56. The zero-order valence-electron chi connectivity index (χ0n) is 5.10. The quantitative estimate of drug-likeness (QED) is 0.837. The summed E-state index contributed by atoms with van der Waals surface area (Å²) in [6, 6.07) is 0.